The van der Waals surface area contributed by atoms with Crippen LogP contribution in [0.4, 0.5) is 0 Å². The predicted molar refractivity (Wildman–Crippen MR) is 85.6 cm³/mol. The van der Waals surface area contributed by atoms with E-state index in [4.69, 9.17) is 9.73 Å². The van der Waals surface area contributed by atoms with Crippen LogP contribution in [0.3, 0.4) is 0 Å². The van der Waals surface area contributed by atoms with Crippen molar-refractivity contribution in [1.82, 2.24) is 15.2 Å². The molecule has 1 aliphatic heterocycles. The maximum atomic E-state index is 5.15. The van der Waals surface area contributed by atoms with E-state index in [1.807, 2.05) is 12.1 Å². The molecule has 5 nitrogen and oxygen atoms in total. The molecule has 0 unspecified atom stereocenters. The molecule has 0 aliphatic carbocycles. The number of guanidine groups is 1. The molecule has 2 rings (SSSR count). The second-order valence-electron chi connectivity index (χ2n) is 6.21. The Labute approximate surface area is 127 Å². The summed E-state index contributed by atoms with van der Waals surface area (Å²) in [5.74, 6) is 1.63. The van der Waals surface area contributed by atoms with Crippen LogP contribution >= 0.6 is 0 Å². The van der Waals surface area contributed by atoms with Crippen LogP contribution in [0.25, 0.3) is 0 Å². The van der Waals surface area contributed by atoms with E-state index >= 15 is 0 Å². The maximum absolute atomic E-state index is 5.15. The van der Waals surface area contributed by atoms with Crippen molar-refractivity contribution in [3.05, 3.63) is 23.9 Å². The fourth-order valence-corrected chi connectivity index (χ4v) is 2.55. The lowest BCUT2D eigenvalue weighted by Crippen LogP contribution is -2.40. The molecule has 0 bridgehead atoms. The minimum absolute atomic E-state index is 0.371. The van der Waals surface area contributed by atoms with Gasteiger partial charge in [-0.25, -0.2) is 9.98 Å². The van der Waals surface area contributed by atoms with Gasteiger partial charge >= 0.3 is 0 Å². The van der Waals surface area contributed by atoms with Gasteiger partial charge in [0.05, 0.1) is 13.7 Å². The molecule has 2 heterocycles. The number of likely N-dealkylation sites (tertiary alicyclic amines) is 1. The Hall–Kier alpha value is -1.78. The number of nitrogens with zero attached hydrogens (tertiary/aromatic N) is 3. The standard InChI is InChI=1S/C16H26N4O/c1-5-17-15(20-9-7-16(2,3)12-20)19-11-13-6-8-18-14(10-13)21-4/h6,8,10H,5,7,9,11-12H2,1-4H3,(H,17,19). The predicted octanol–water partition coefficient (Wildman–Crippen LogP) is 2.29. The second-order valence-corrected chi connectivity index (χ2v) is 6.21. The van der Waals surface area contributed by atoms with E-state index in [9.17, 15) is 0 Å². The molecular formula is C16H26N4O. The Balaban J connectivity index is 2.07. The van der Waals surface area contributed by atoms with Crippen LogP contribution in [-0.2, 0) is 6.54 Å². The summed E-state index contributed by atoms with van der Waals surface area (Å²) in [5, 5.41) is 3.39. The number of ether oxygens (including phenoxy) is 1. The summed E-state index contributed by atoms with van der Waals surface area (Å²) in [4.78, 5) is 11.2. The lowest BCUT2D eigenvalue weighted by atomic mass is 9.93. The summed E-state index contributed by atoms with van der Waals surface area (Å²) in [6, 6.07) is 3.91. The lowest BCUT2D eigenvalue weighted by Gasteiger charge is -2.23. The minimum atomic E-state index is 0.371. The van der Waals surface area contributed by atoms with Gasteiger partial charge in [0.25, 0.3) is 0 Å². The average molecular weight is 290 g/mol. The molecule has 1 fully saturated rings. The Morgan fingerprint density at radius 1 is 1.52 bits per heavy atom. The van der Waals surface area contributed by atoms with E-state index in [1.54, 1.807) is 13.3 Å². The number of aliphatic imine (C=N–C) groups is 1. The minimum Gasteiger partial charge on any atom is -0.481 e. The van der Waals surface area contributed by atoms with E-state index in [2.05, 4.69) is 36.0 Å². The van der Waals surface area contributed by atoms with Crippen LogP contribution in [0.15, 0.2) is 23.3 Å². The monoisotopic (exact) mass is 290 g/mol. The van der Waals surface area contributed by atoms with Gasteiger partial charge in [-0.1, -0.05) is 13.8 Å². The summed E-state index contributed by atoms with van der Waals surface area (Å²) in [5.41, 5.74) is 1.48. The van der Waals surface area contributed by atoms with Crippen molar-refractivity contribution in [3.63, 3.8) is 0 Å². The highest BCUT2D eigenvalue weighted by atomic mass is 16.5. The van der Waals surface area contributed by atoms with Crippen LogP contribution < -0.4 is 10.1 Å². The third-order valence-electron chi connectivity index (χ3n) is 3.73. The van der Waals surface area contributed by atoms with Gasteiger partial charge in [0.1, 0.15) is 0 Å². The fraction of sp³-hybridized carbons (Fsp3) is 0.625. The summed E-state index contributed by atoms with van der Waals surface area (Å²) >= 11 is 0. The number of hydrogen-bond donors (Lipinski definition) is 1. The zero-order valence-corrected chi connectivity index (χ0v) is 13.5. The van der Waals surface area contributed by atoms with Gasteiger partial charge in [-0.15, -0.1) is 0 Å². The number of aromatic nitrogens is 1. The third-order valence-corrected chi connectivity index (χ3v) is 3.73. The summed E-state index contributed by atoms with van der Waals surface area (Å²) in [6.45, 7) is 10.4. The van der Waals surface area contributed by atoms with Crippen molar-refractivity contribution < 1.29 is 4.74 Å². The van der Waals surface area contributed by atoms with E-state index < -0.39 is 0 Å². The zero-order chi connectivity index (χ0) is 15.3. The van der Waals surface area contributed by atoms with Crippen molar-refractivity contribution in [2.75, 3.05) is 26.7 Å². The molecule has 1 aliphatic rings. The number of hydrogen-bond acceptors (Lipinski definition) is 3. The largest absolute Gasteiger partial charge is 0.481 e. The molecule has 1 N–H and O–H groups in total. The first-order valence-electron chi connectivity index (χ1n) is 7.56. The van der Waals surface area contributed by atoms with Crippen LogP contribution in [0.1, 0.15) is 32.8 Å². The Kier molecular flexibility index (Phi) is 5.04. The maximum Gasteiger partial charge on any atom is 0.213 e. The van der Waals surface area contributed by atoms with Crippen molar-refractivity contribution in [2.24, 2.45) is 10.4 Å². The van der Waals surface area contributed by atoms with Gasteiger partial charge in [-0.3, -0.25) is 0 Å². The first-order chi connectivity index (χ1) is 10.0. The van der Waals surface area contributed by atoms with Gasteiger partial charge in [-0.05, 0) is 30.4 Å². The molecule has 1 aromatic heterocycles. The summed E-state index contributed by atoms with van der Waals surface area (Å²) < 4.78 is 5.15. The first-order valence-corrected chi connectivity index (χ1v) is 7.56. The number of rotatable bonds is 4. The molecular weight excluding hydrogens is 264 g/mol. The fourth-order valence-electron chi connectivity index (χ4n) is 2.55. The number of pyridine rings is 1. The molecule has 0 saturated carbocycles. The molecule has 0 aromatic carbocycles. The highest BCUT2D eigenvalue weighted by Crippen LogP contribution is 2.28. The molecule has 0 spiro atoms. The summed E-state index contributed by atoms with van der Waals surface area (Å²) in [6.07, 6.45) is 2.97. The topological polar surface area (TPSA) is 49.8 Å². The number of nitrogens with one attached hydrogen (secondary N) is 1. The lowest BCUT2D eigenvalue weighted by molar-refractivity contribution is 0.370. The quantitative estimate of drug-likeness (QED) is 0.683. The van der Waals surface area contributed by atoms with Crippen molar-refractivity contribution >= 4 is 5.96 Å². The van der Waals surface area contributed by atoms with E-state index in [0.717, 1.165) is 31.2 Å². The van der Waals surface area contributed by atoms with Crippen LogP contribution in [0.2, 0.25) is 0 Å². The van der Waals surface area contributed by atoms with Crippen molar-refractivity contribution in [1.29, 1.82) is 0 Å². The van der Waals surface area contributed by atoms with Gasteiger partial charge in [0.15, 0.2) is 5.96 Å². The van der Waals surface area contributed by atoms with E-state index in [1.165, 1.54) is 6.42 Å². The molecule has 0 atom stereocenters. The Bertz CT molecular complexity index is 499. The Morgan fingerprint density at radius 2 is 2.33 bits per heavy atom. The molecule has 0 amide bonds. The SMILES string of the molecule is CCNC(=NCc1ccnc(OC)c1)N1CCC(C)(C)C1. The van der Waals surface area contributed by atoms with Crippen molar-refractivity contribution in [2.45, 2.75) is 33.7 Å². The van der Waals surface area contributed by atoms with E-state index in [-0.39, 0.29) is 0 Å². The highest BCUT2D eigenvalue weighted by Gasteiger charge is 2.30. The normalized spacial score (nSPS) is 17.9. The highest BCUT2D eigenvalue weighted by molar-refractivity contribution is 5.80. The van der Waals surface area contributed by atoms with E-state index in [0.29, 0.717) is 17.8 Å². The van der Waals surface area contributed by atoms with Gasteiger partial charge in [0, 0.05) is 31.9 Å². The molecule has 1 aromatic rings. The average Bonchev–Trinajstić information content (AvgIpc) is 2.83. The zero-order valence-electron chi connectivity index (χ0n) is 13.5. The third kappa shape index (κ3) is 4.34. The first kappa shape index (κ1) is 15.6. The van der Waals surface area contributed by atoms with Crippen molar-refractivity contribution in [3.8, 4) is 5.88 Å². The molecule has 0 radical (unpaired) electrons. The Morgan fingerprint density at radius 3 is 2.95 bits per heavy atom. The van der Waals surface area contributed by atoms with Gasteiger partial charge in [-0.2, -0.15) is 0 Å². The number of methoxy groups -OCH3 is 1. The molecule has 21 heavy (non-hydrogen) atoms. The van der Waals surface area contributed by atoms with Crippen LogP contribution in [-0.4, -0.2) is 42.6 Å². The van der Waals surface area contributed by atoms with Crippen LogP contribution in [0, 0.1) is 5.41 Å². The molecule has 5 heteroatoms. The molecule has 116 valence electrons. The van der Waals surface area contributed by atoms with Gasteiger partial charge in [0.2, 0.25) is 5.88 Å². The second kappa shape index (κ2) is 6.78. The smallest absolute Gasteiger partial charge is 0.213 e. The van der Waals surface area contributed by atoms with Crippen LogP contribution in [0.5, 0.6) is 5.88 Å². The van der Waals surface area contributed by atoms with Gasteiger partial charge < -0.3 is 15.0 Å². The molecule has 1 saturated heterocycles. The summed E-state index contributed by atoms with van der Waals surface area (Å²) in [7, 11) is 1.63.